The molecule has 0 aromatic rings. The molecule has 3 saturated carbocycles. The molecule has 1 N–H and O–H groups in total. The van der Waals surface area contributed by atoms with E-state index in [1.165, 1.54) is 37.3 Å². The lowest BCUT2D eigenvalue weighted by atomic mass is 9.61. The van der Waals surface area contributed by atoms with Crippen molar-refractivity contribution < 1.29 is 9.90 Å². The molecule has 0 spiro atoms. The monoisotopic (exact) mass is 152 g/mol. The van der Waals surface area contributed by atoms with Crippen LogP contribution in [0.1, 0.15) is 25.7 Å². The Morgan fingerprint density at radius 3 is 2.55 bits per heavy atom. The molecule has 3 rings (SSSR count). The molecular weight excluding hydrogens is 140 g/mol. The first-order valence-corrected chi connectivity index (χ1v) is 4.22. The second-order valence-electron chi connectivity index (χ2n) is 3.54. The number of hydrogen-bond donors (Lipinski definition) is 1. The summed E-state index contributed by atoms with van der Waals surface area (Å²) in [4.78, 5) is 10.4. The normalized spacial score (nSPS) is 34.4. The molecule has 0 amide bonds. The Morgan fingerprint density at radius 2 is 2.09 bits per heavy atom. The Bertz CT molecular complexity index is 202. The molecule has 0 aromatic carbocycles. The zero-order valence-corrected chi connectivity index (χ0v) is 6.42. The van der Waals surface area contributed by atoms with Gasteiger partial charge in [-0.2, -0.15) is 0 Å². The first-order chi connectivity index (χ1) is 5.27. The lowest BCUT2D eigenvalue weighted by molar-refractivity contribution is -0.131. The molecule has 60 valence electrons. The van der Waals surface area contributed by atoms with Crippen LogP contribution in [0.25, 0.3) is 0 Å². The molecule has 0 aromatic heterocycles. The summed E-state index contributed by atoms with van der Waals surface area (Å²) in [5.74, 6) is 0.492. The van der Waals surface area contributed by atoms with Gasteiger partial charge in [0.25, 0.3) is 0 Å². The molecule has 3 aliphatic rings. The van der Waals surface area contributed by atoms with Crippen LogP contribution in [-0.4, -0.2) is 11.1 Å². The second kappa shape index (κ2) is 2.36. The Labute approximate surface area is 65.9 Å². The fraction of sp³-hybridized carbons (Fsp3) is 0.667. The summed E-state index contributed by atoms with van der Waals surface area (Å²) in [6.45, 7) is 0. The molecule has 3 aliphatic carbocycles. The van der Waals surface area contributed by atoms with Gasteiger partial charge < -0.3 is 5.11 Å². The van der Waals surface area contributed by atoms with Gasteiger partial charge in [0.15, 0.2) is 0 Å². The summed E-state index contributed by atoms with van der Waals surface area (Å²) in [7, 11) is 0. The molecule has 2 unspecified atom stereocenters. The maximum atomic E-state index is 10.4. The van der Waals surface area contributed by atoms with Gasteiger partial charge in [-0.25, -0.2) is 4.79 Å². The molecule has 2 heteroatoms. The fourth-order valence-electron chi connectivity index (χ4n) is 2.35. The van der Waals surface area contributed by atoms with Crippen LogP contribution >= 0.6 is 0 Å². The van der Waals surface area contributed by atoms with Crippen LogP contribution in [0.3, 0.4) is 0 Å². The van der Waals surface area contributed by atoms with Gasteiger partial charge in [0.1, 0.15) is 0 Å². The third-order valence-electron chi connectivity index (χ3n) is 2.91. The topological polar surface area (TPSA) is 37.3 Å². The van der Waals surface area contributed by atoms with Crippen molar-refractivity contribution in [3.63, 3.8) is 0 Å². The van der Waals surface area contributed by atoms with E-state index in [9.17, 15) is 4.79 Å². The van der Waals surface area contributed by atoms with Crippen molar-refractivity contribution in [1.82, 2.24) is 0 Å². The third-order valence-corrected chi connectivity index (χ3v) is 2.91. The summed E-state index contributed by atoms with van der Waals surface area (Å²) in [5, 5.41) is 8.53. The highest BCUT2D eigenvalue weighted by molar-refractivity contribution is 5.81. The van der Waals surface area contributed by atoms with Crippen LogP contribution in [0.15, 0.2) is 11.6 Å². The summed E-state index contributed by atoms with van der Waals surface area (Å²) in [6.07, 6.45) is 6.41. The fourth-order valence-corrected chi connectivity index (χ4v) is 2.35. The van der Waals surface area contributed by atoms with Crippen LogP contribution in [-0.2, 0) is 4.79 Å². The van der Waals surface area contributed by atoms with Gasteiger partial charge in [-0.1, -0.05) is 12.0 Å². The van der Waals surface area contributed by atoms with E-state index in [1.54, 1.807) is 0 Å². The maximum absolute atomic E-state index is 10.4. The van der Waals surface area contributed by atoms with E-state index in [0.29, 0.717) is 11.8 Å². The van der Waals surface area contributed by atoms with E-state index in [2.05, 4.69) is 0 Å². The standard InChI is InChI=1S/C9H12O2/c10-9(11)5-8-6-2-1-3-7(8)4-6/h5-7H,1-4H2,(H,10,11). The van der Waals surface area contributed by atoms with Crippen LogP contribution in [0.5, 0.6) is 0 Å². The molecule has 0 radical (unpaired) electrons. The van der Waals surface area contributed by atoms with Crippen LogP contribution in [0, 0.1) is 11.8 Å². The van der Waals surface area contributed by atoms with E-state index in [0.717, 1.165) is 0 Å². The first-order valence-electron chi connectivity index (χ1n) is 4.22. The minimum Gasteiger partial charge on any atom is -0.478 e. The van der Waals surface area contributed by atoms with Gasteiger partial charge in [-0.3, -0.25) is 0 Å². The van der Waals surface area contributed by atoms with Gasteiger partial charge in [0.2, 0.25) is 0 Å². The average molecular weight is 152 g/mol. The minimum absolute atomic E-state index is 0.629. The SMILES string of the molecule is O=C(O)C=C1C2CCCC1C2. The molecule has 2 nitrogen and oxygen atoms in total. The number of carbonyl (C=O) groups is 1. The van der Waals surface area contributed by atoms with Gasteiger partial charge in [0.05, 0.1) is 0 Å². The Balaban J connectivity index is 2.11. The quantitative estimate of drug-likeness (QED) is 0.582. The largest absolute Gasteiger partial charge is 0.478 e. The highest BCUT2D eigenvalue weighted by Crippen LogP contribution is 2.49. The van der Waals surface area contributed by atoms with Crippen molar-refractivity contribution in [2.24, 2.45) is 11.8 Å². The van der Waals surface area contributed by atoms with E-state index < -0.39 is 5.97 Å². The van der Waals surface area contributed by atoms with Gasteiger partial charge in [0, 0.05) is 6.08 Å². The molecule has 0 heterocycles. The number of carboxylic acid groups (broad SMARTS) is 1. The molecular formula is C9H12O2. The molecule has 2 atom stereocenters. The van der Waals surface area contributed by atoms with Crippen LogP contribution in [0.2, 0.25) is 0 Å². The van der Waals surface area contributed by atoms with Crippen molar-refractivity contribution >= 4 is 5.97 Å². The number of rotatable bonds is 1. The highest BCUT2D eigenvalue weighted by atomic mass is 16.4. The summed E-state index contributed by atoms with van der Waals surface area (Å²) in [5.41, 5.74) is 1.21. The van der Waals surface area contributed by atoms with Crippen molar-refractivity contribution in [3.8, 4) is 0 Å². The number of hydrogen-bond acceptors (Lipinski definition) is 1. The average Bonchev–Trinajstić information content (AvgIpc) is 2.01. The van der Waals surface area contributed by atoms with Crippen LogP contribution < -0.4 is 0 Å². The highest BCUT2D eigenvalue weighted by Gasteiger charge is 2.38. The zero-order valence-electron chi connectivity index (χ0n) is 6.42. The molecule has 2 bridgehead atoms. The van der Waals surface area contributed by atoms with E-state index in [4.69, 9.17) is 5.11 Å². The maximum Gasteiger partial charge on any atom is 0.328 e. The first kappa shape index (κ1) is 6.89. The zero-order chi connectivity index (χ0) is 7.84. The van der Waals surface area contributed by atoms with E-state index in [-0.39, 0.29) is 0 Å². The van der Waals surface area contributed by atoms with Gasteiger partial charge in [-0.15, -0.1) is 0 Å². The second-order valence-corrected chi connectivity index (χ2v) is 3.54. The molecule has 0 saturated heterocycles. The third kappa shape index (κ3) is 1.06. The Hall–Kier alpha value is -0.790. The summed E-state index contributed by atoms with van der Waals surface area (Å²) >= 11 is 0. The number of fused-ring (bicyclic) bond motifs is 2. The lowest BCUT2D eigenvalue weighted by Gasteiger charge is -2.44. The van der Waals surface area contributed by atoms with Gasteiger partial charge in [-0.05, 0) is 31.1 Å². The Kier molecular flexibility index (Phi) is 1.48. The van der Waals surface area contributed by atoms with Gasteiger partial charge >= 0.3 is 5.97 Å². The lowest BCUT2D eigenvalue weighted by Crippen LogP contribution is -2.32. The summed E-state index contributed by atoms with van der Waals surface area (Å²) in [6, 6.07) is 0. The van der Waals surface area contributed by atoms with Crippen molar-refractivity contribution in [2.45, 2.75) is 25.7 Å². The van der Waals surface area contributed by atoms with Crippen molar-refractivity contribution in [2.75, 3.05) is 0 Å². The minimum atomic E-state index is -0.767. The predicted molar refractivity (Wildman–Crippen MR) is 41.2 cm³/mol. The van der Waals surface area contributed by atoms with Crippen LogP contribution in [0.4, 0.5) is 0 Å². The summed E-state index contributed by atoms with van der Waals surface area (Å²) < 4.78 is 0. The van der Waals surface area contributed by atoms with E-state index in [1.807, 2.05) is 0 Å². The Morgan fingerprint density at radius 1 is 1.45 bits per heavy atom. The predicted octanol–water partition coefficient (Wildman–Crippen LogP) is 1.82. The number of aliphatic carboxylic acids is 1. The molecule has 11 heavy (non-hydrogen) atoms. The smallest absolute Gasteiger partial charge is 0.328 e. The van der Waals surface area contributed by atoms with E-state index >= 15 is 0 Å². The molecule has 3 fully saturated rings. The molecule has 0 aliphatic heterocycles. The van der Waals surface area contributed by atoms with Crippen molar-refractivity contribution in [1.29, 1.82) is 0 Å². The van der Waals surface area contributed by atoms with Crippen molar-refractivity contribution in [3.05, 3.63) is 11.6 Å². The number of allylic oxidation sites excluding steroid dienone is 1. The number of carboxylic acids is 1.